The van der Waals surface area contributed by atoms with Crippen LogP contribution in [0.3, 0.4) is 0 Å². The van der Waals surface area contributed by atoms with Crippen molar-refractivity contribution in [3.05, 3.63) is 78.4 Å². The van der Waals surface area contributed by atoms with Gasteiger partial charge in [0.2, 0.25) is 0 Å². The van der Waals surface area contributed by atoms with Crippen LogP contribution < -0.4 is 0 Å². The number of nitrogens with zero attached hydrogens (tertiary/aromatic N) is 3. The molecule has 6 nitrogen and oxygen atoms in total. The lowest BCUT2D eigenvalue weighted by Gasteiger charge is -2.11. The number of aromatic nitrogens is 3. The summed E-state index contributed by atoms with van der Waals surface area (Å²) >= 11 is 0. The summed E-state index contributed by atoms with van der Waals surface area (Å²) in [4.78, 5) is 12.4. The molecule has 0 saturated heterocycles. The summed E-state index contributed by atoms with van der Waals surface area (Å²) in [7, 11) is -5.47. The van der Waals surface area contributed by atoms with Crippen LogP contribution in [0.1, 0.15) is 5.56 Å². The SMILES string of the molecule is Cc1ccc(-c2nc(-c3ccccc3)nc(-c3ccc(S(=O)(=O)C(F)(F)F)cc3)n2)c(O)c1. The number of hydrogen-bond acceptors (Lipinski definition) is 6. The molecule has 10 heteroatoms. The monoisotopic (exact) mass is 471 g/mol. The lowest BCUT2D eigenvalue weighted by atomic mass is 10.1. The van der Waals surface area contributed by atoms with Gasteiger partial charge in [0.1, 0.15) is 5.75 Å². The summed E-state index contributed by atoms with van der Waals surface area (Å²) in [5.41, 5.74) is -3.29. The molecule has 0 fully saturated rings. The number of sulfone groups is 1. The van der Waals surface area contributed by atoms with Gasteiger partial charge < -0.3 is 5.11 Å². The van der Waals surface area contributed by atoms with E-state index in [9.17, 15) is 26.7 Å². The van der Waals surface area contributed by atoms with Gasteiger partial charge in [0.05, 0.1) is 10.5 Å². The molecule has 0 amide bonds. The summed E-state index contributed by atoms with van der Waals surface area (Å²) in [6.45, 7) is 1.81. The van der Waals surface area contributed by atoms with Crippen molar-refractivity contribution in [1.29, 1.82) is 0 Å². The van der Waals surface area contributed by atoms with Crippen molar-refractivity contribution in [1.82, 2.24) is 15.0 Å². The molecule has 0 aliphatic rings. The van der Waals surface area contributed by atoms with Gasteiger partial charge in [-0.15, -0.1) is 0 Å². The summed E-state index contributed by atoms with van der Waals surface area (Å²) in [5, 5.41) is 10.4. The van der Waals surface area contributed by atoms with Gasteiger partial charge in [-0.2, -0.15) is 13.2 Å². The van der Waals surface area contributed by atoms with E-state index < -0.39 is 20.2 Å². The molecule has 4 aromatic rings. The lowest BCUT2D eigenvalue weighted by molar-refractivity contribution is -0.0436. The summed E-state index contributed by atoms with van der Waals surface area (Å²) in [5.74, 6) is 0.499. The minimum Gasteiger partial charge on any atom is -0.507 e. The molecule has 0 atom stereocenters. The molecule has 1 aromatic heterocycles. The van der Waals surface area contributed by atoms with Crippen molar-refractivity contribution in [2.24, 2.45) is 0 Å². The predicted octanol–water partition coefficient (Wildman–Crippen LogP) is 5.18. The second-order valence-electron chi connectivity index (χ2n) is 7.17. The van der Waals surface area contributed by atoms with Crippen LogP contribution in [0.2, 0.25) is 0 Å². The third-order valence-electron chi connectivity index (χ3n) is 4.79. The van der Waals surface area contributed by atoms with Crippen LogP contribution in [-0.2, 0) is 9.84 Å². The number of aromatic hydroxyl groups is 1. The van der Waals surface area contributed by atoms with Crippen molar-refractivity contribution in [2.45, 2.75) is 17.3 Å². The Balaban J connectivity index is 1.86. The van der Waals surface area contributed by atoms with Gasteiger partial charge in [0.15, 0.2) is 17.5 Å². The smallest absolute Gasteiger partial charge is 0.501 e. The third kappa shape index (κ3) is 4.42. The summed E-state index contributed by atoms with van der Waals surface area (Å²) in [6.07, 6.45) is 0. The van der Waals surface area contributed by atoms with Crippen LogP contribution in [0.4, 0.5) is 13.2 Å². The van der Waals surface area contributed by atoms with Crippen LogP contribution >= 0.6 is 0 Å². The molecule has 0 aliphatic heterocycles. The molecule has 1 N–H and O–H groups in total. The molecule has 0 aliphatic carbocycles. The molecular weight excluding hydrogens is 455 g/mol. The second-order valence-corrected chi connectivity index (χ2v) is 9.11. The first-order valence-electron chi connectivity index (χ1n) is 9.59. The van der Waals surface area contributed by atoms with Gasteiger partial charge in [-0.1, -0.05) is 36.4 Å². The summed E-state index contributed by atoms with van der Waals surface area (Å²) < 4.78 is 61.8. The van der Waals surface area contributed by atoms with E-state index in [4.69, 9.17) is 0 Å². The standard InChI is InChI=1S/C23H16F3N3O3S/c1-14-7-12-18(19(30)13-14)22-28-20(15-5-3-2-4-6-15)27-21(29-22)16-8-10-17(11-9-16)33(31,32)23(24,25)26/h2-13,30H,1H3. The Morgan fingerprint density at radius 2 is 1.30 bits per heavy atom. The van der Waals surface area contributed by atoms with Gasteiger partial charge in [-0.25, -0.2) is 23.4 Å². The maximum absolute atomic E-state index is 12.8. The molecule has 4 rings (SSSR count). The van der Waals surface area contributed by atoms with Gasteiger partial charge >= 0.3 is 5.51 Å². The molecule has 0 unspecified atom stereocenters. The largest absolute Gasteiger partial charge is 0.507 e. The number of phenols is 1. The van der Waals surface area contributed by atoms with Crippen LogP contribution in [0.25, 0.3) is 34.2 Å². The number of benzene rings is 3. The quantitative estimate of drug-likeness (QED) is 0.441. The third-order valence-corrected chi connectivity index (χ3v) is 6.29. The number of phenolic OH excluding ortho intramolecular Hbond substituents is 1. The van der Waals surface area contributed by atoms with Crippen LogP contribution in [0.15, 0.2) is 77.7 Å². The predicted molar refractivity (Wildman–Crippen MR) is 116 cm³/mol. The van der Waals surface area contributed by atoms with Gasteiger partial charge in [0.25, 0.3) is 9.84 Å². The van der Waals surface area contributed by atoms with E-state index in [-0.39, 0.29) is 28.8 Å². The Bertz CT molecular complexity index is 1420. The van der Waals surface area contributed by atoms with E-state index in [1.165, 1.54) is 12.1 Å². The Morgan fingerprint density at radius 3 is 1.85 bits per heavy atom. The number of aryl methyl sites for hydroxylation is 1. The average Bonchev–Trinajstić information content (AvgIpc) is 2.79. The number of hydrogen-bond donors (Lipinski definition) is 1. The van der Waals surface area contributed by atoms with Gasteiger partial charge in [0, 0.05) is 11.1 Å². The molecule has 0 radical (unpaired) electrons. The highest BCUT2D eigenvalue weighted by Gasteiger charge is 2.46. The van der Waals surface area contributed by atoms with Crippen LogP contribution in [0.5, 0.6) is 5.75 Å². The molecular formula is C23H16F3N3O3S. The van der Waals surface area contributed by atoms with Crippen LogP contribution in [0, 0.1) is 6.92 Å². The highest BCUT2D eigenvalue weighted by atomic mass is 32.2. The van der Waals surface area contributed by atoms with E-state index in [0.29, 0.717) is 11.1 Å². The Morgan fingerprint density at radius 1 is 0.758 bits per heavy atom. The minimum atomic E-state index is -5.47. The fraction of sp³-hybridized carbons (Fsp3) is 0.0870. The zero-order valence-electron chi connectivity index (χ0n) is 17.1. The first-order chi connectivity index (χ1) is 15.6. The Hall–Kier alpha value is -3.79. The molecule has 3 aromatic carbocycles. The van der Waals surface area contributed by atoms with E-state index in [1.54, 1.807) is 42.5 Å². The molecule has 0 spiro atoms. The van der Waals surface area contributed by atoms with Crippen molar-refractivity contribution in [3.63, 3.8) is 0 Å². The highest BCUT2D eigenvalue weighted by molar-refractivity contribution is 7.92. The first kappa shape index (κ1) is 22.4. The number of halogens is 3. The Labute approximate surface area is 187 Å². The van der Waals surface area contributed by atoms with Gasteiger partial charge in [-0.05, 0) is 48.9 Å². The van der Waals surface area contributed by atoms with E-state index in [1.807, 2.05) is 13.0 Å². The average molecular weight is 471 g/mol. The first-order valence-corrected chi connectivity index (χ1v) is 11.1. The summed E-state index contributed by atoms with van der Waals surface area (Å²) in [6, 6.07) is 18.0. The van der Waals surface area contributed by atoms with Crippen molar-refractivity contribution < 1.29 is 26.7 Å². The van der Waals surface area contributed by atoms with Crippen molar-refractivity contribution in [2.75, 3.05) is 0 Å². The molecule has 33 heavy (non-hydrogen) atoms. The van der Waals surface area contributed by atoms with E-state index in [0.717, 1.165) is 17.7 Å². The molecule has 0 saturated carbocycles. The normalized spacial score (nSPS) is 12.0. The van der Waals surface area contributed by atoms with Crippen molar-refractivity contribution >= 4 is 9.84 Å². The molecule has 168 valence electrons. The topological polar surface area (TPSA) is 93.0 Å². The molecule has 1 heterocycles. The van der Waals surface area contributed by atoms with E-state index in [2.05, 4.69) is 15.0 Å². The maximum Gasteiger partial charge on any atom is 0.501 e. The highest BCUT2D eigenvalue weighted by Crippen LogP contribution is 2.33. The van der Waals surface area contributed by atoms with Crippen LogP contribution in [-0.4, -0.2) is 34.0 Å². The fourth-order valence-electron chi connectivity index (χ4n) is 3.09. The Kier molecular flexibility index (Phi) is 5.62. The maximum atomic E-state index is 12.8. The molecule has 0 bridgehead atoms. The fourth-order valence-corrected chi connectivity index (χ4v) is 3.85. The van der Waals surface area contributed by atoms with Gasteiger partial charge in [-0.3, -0.25) is 0 Å². The van der Waals surface area contributed by atoms with Crippen molar-refractivity contribution in [3.8, 4) is 39.9 Å². The zero-order valence-corrected chi connectivity index (χ0v) is 17.9. The minimum absolute atomic E-state index is 0.0437. The lowest BCUT2D eigenvalue weighted by Crippen LogP contribution is -2.23. The van der Waals surface area contributed by atoms with E-state index >= 15 is 0 Å². The number of alkyl halides is 3. The zero-order chi connectivity index (χ0) is 23.8. The second kappa shape index (κ2) is 8.28. The number of rotatable bonds is 4.